The number of nitrogens with zero attached hydrogens (tertiary/aromatic N) is 1. The largest absolute Gasteiger partial charge is 0.242 e. The molecule has 2 rings (SSSR count). The molecular weight excluding hydrogens is 338 g/mol. The van der Waals surface area contributed by atoms with Crippen LogP contribution in [0.25, 0.3) is 0 Å². The standard InChI is InChI=1S/C12H9BrClNO2S/c1-8-2-4-10(5-3-8)18(16,17)11-6-9(13)7-15-12(11)14/h2-7H,1H3. The summed E-state index contributed by atoms with van der Waals surface area (Å²) in [5, 5.41) is -0.0289. The molecule has 0 aliphatic heterocycles. The minimum absolute atomic E-state index is 0.00222. The lowest BCUT2D eigenvalue weighted by Gasteiger charge is -2.06. The Labute approximate surface area is 119 Å². The van der Waals surface area contributed by atoms with Crippen molar-refractivity contribution in [3.63, 3.8) is 0 Å². The quantitative estimate of drug-likeness (QED) is 0.780. The van der Waals surface area contributed by atoms with Crippen molar-refractivity contribution < 1.29 is 8.42 Å². The topological polar surface area (TPSA) is 47.0 Å². The monoisotopic (exact) mass is 345 g/mol. The van der Waals surface area contributed by atoms with Gasteiger partial charge in [0.05, 0.1) is 4.90 Å². The minimum atomic E-state index is -3.63. The molecule has 0 spiro atoms. The molecule has 94 valence electrons. The highest BCUT2D eigenvalue weighted by atomic mass is 79.9. The van der Waals surface area contributed by atoms with E-state index in [1.54, 1.807) is 24.3 Å². The lowest BCUT2D eigenvalue weighted by Crippen LogP contribution is -2.03. The third kappa shape index (κ3) is 2.58. The maximum Gasteiger partial charge on any atom is 0.209 e. The van der Waals surface area contributed by atoms with E-state index < -0.39 is 9.84 Å². The lowest BCUT2D eigenvalue weighted by atomic mass is 10.2. The van der Waals surface area contributed by atoms with Crippen molar-refractivity contribution in [2.75, 3.05) is 0 Å². The Kier molecular flexibility index (Phi) is 3.75. The van der Waals surface area contributed by atoms with Crippen molar-refractivity contribution in [1.82, 2.24) is 4.98 Å². The van der Waals surface area contributed by atoms with Gasteiger partial charge in [-0.25, -0.2) is 13.4 Å². The van der Waals surface area contributed by atoms with E-state index in [9.17, 15) is 8.42 Å². The molecule has 0 saturated carbocycles. The Balaban J connectivity index is 2.61. The molecule has 0 amide bonds. The molecule has 0 unspecified atom stereocenters. The van der Waals surface area contributed by atoms with E-state index in [0.29, 0.717) is 4.47 Å². The molecule has 6 heteroatoms. The second kappa shape index (κ2) is 4.99. The minimum Gasteiger partial charge on any atom is -0.242 e. The van der Waals surface area contributed by atoms with Gasteiger partial charge in [0.15, 0.2) is 0 Å². The van der Waals surface area contributed by atoms with Crippen molar-refractivity contribution in [3.05, 3.63) is 51.7 Å². The Bertz CT molecular complexity index is 684. The van der Waals surface area contributed by atoms with Gasteiger partial charge in [-0.3, -0.25) is 0 Å². The van der Waals surface area contributed by atoms with E-state index in [2.05, 4.69) is 20.9 Å². The summed E-state index contributed by atoms with van der Waals surface area (Å²) < 4.78 is 25.3. The Morgan fingerprint density at radius 3 is 2.44 bits per heavy atom. The number of hydrogen-bond donors (Lipinski definition) is 0. The van der Waals surface area contributed by atoms with E-state index >= 15 is 0 Å². The van der Waals surface area contributed by atoms with Gasteiger partial charge in [0.25, 0.3) is 0 Å². The highest BCUT2D eigenvalue weighted by Gasteiger charge is 2.21. The summed E-state index contributed by atoms with van der Waals surface area (Å²) in [4.78, 5) is 4.03. The van der Waals surface area contributed by atoms with Crippen molar-refractivity contribution in [2.24, 2.45) is 0 Å². The smallest absolute Gasteiger partial charge is 0.209 e. The van der Waals surface area contributed by atoms with Crippen molar-refractivity contribution in [1.29, 1.82) is 0 Å². The normalized spacial score (nSPS) is 11.5. The summed E-state index contributed by atoms with van der Waals surface area (Å²) in [7, 11) is -3.63. The molecule has 1 aromatic carbocycles. The van der Waals surface area contributed by atoms with Crippen molar-refractivity contribution in [2.45, 2.75) is 16.7 Å². The van der Waals surface area contributed by atoms with Gasteiger partial charge in [0.2, 0.25) is 9.84 Å². The van der Waals surface area contributed by atoms with Crippen LogP contribution in [0.4, 0.5) is 0 Å². The van der Waals surface area contributed by atoms with Crippen LogP contribution in [0.1, 0.15) is 5.56 Å². The van der Waals surface area contributed by atoms with Gasteiger partial charge in [-0.05, 0) is 41.1 Å². The molecule has 0 radical (unpaired) electrons. The van der Waals surface area contributed by atoms with E-state index in [4.69, 9.17) is 11.6 Å². The molecule has 0 N–H and O–H groups in total. The number of sulfone groups is 1. The number of rotatable bonds is 2. The average Bonchev–Trinajstić information content (AvgIpc) is 2.32. The fourth-order valence-electron chi connectivity index (χ4n) is 1.44. The summed E-state index contributed by atoms with van der Waals surface area (Å²) >= 11 is 9.04. The van der Waals surface area contributed by atoms with E-state index in [0.717, 1.165) is 5.56 Å². The summed E-state index contributed by atoms with van der Waals surface area (Å²) in [6.45, 7) is 1.89. The molecule has 0 aliphatic rings. The van der Waals surface area contributed by atoms with Crippen LogP contribution in [0.15, 0.2) is 50.8 Å². The van der Waals surface area contributed by atoms with E-state index in [1.165, 1.54) is 12.3 Å². The van der Waals surface area contributed by atoms with Gasteiger partial charge in [0.1, 0.15) is 10.0 Å². The molecule has 0 fully saturated rings. The van der Waals surface area contributed by atoms with Crippen LogP contribution >= 0.6 is 27.5 Å². The maximum absolute atomic E-state index is 12.4. The predicted octanol–water partition coefficient (Wildman–Crippen LogP) is 3.64. The van der Waals surface area contributed by atoms with Crippen LogP contribution in [0, 0.1) is 6.92 Å². The first-order chi connectivity index (χ1) is 8.41. The first-order valence-electron chi connectivity index (χ1n) is 5.04. The number of aromatic nitrogens is 1. The third-order valence-electron chi connectivity index (χ3n) is 2.39. The summed E-state index contributed by atoms with van der Waals surface area (Å²) in [5.74, 6) is 0. The fraction of sp³-hybridized carbons (Fsp3) is 0.0833. The van der Waals surface area contributed by atoms with Crippen LogP contribution in [-0.4, -0.2) is 13.4 Å². The van der Waals surface area contributed by atoms with Crippen LogP contribution in [0.2, 0.25) is 5.15 Å². The number of halogens is 2. The van der Waals surface area contributed by atoms with Crippen LogP contribution in [0.5, 0.6) is 0 Å². The molecular formula is C12H9BrClNO2S. The zero-order valence-corrected chi connectivity index (χ0v) is 12.6. The van der Waals surface area contributed by atoms with E-state index in [1.807, 2.05) is 6.92 Å². The van der Waals surface area contributed by atoms with Crippen LogP contribution in [-0.2, 0) is 9.84 Å². The zero-order chi connectivity index (χ0) is 13.3. The van der Waals surface area contributed by atoms with Gasteiger partial charge in [-0.1, -0.05) is 29.3 Å². The predicted molar refractivity (Wildman–Crippen MR) is 73.6 cm³/mol. The van der Waals surface area contributed by atoms with Crippen LogP contribution in [0.3, 0.4) is 0 Å². The zero-order valence-electron chi connectivity index (χ0n) is 9.39. The second-order valence-corrected chi connectivity index (χ2v) is 6.95. The molecule has 18 heavy (non-hydrogen) atoms. The number of pyridine rings is 1. The molecule has 0 saturated heterocycles. The summed E-state index contributed by atoms with van der Waals surface area (Å²) in [6, 6.07) is 8.05. The molecule has 3 nitrogen and oxygen atoms in total. The lowest BCUT2D eigenvalue weighted by molar-refractivity contribution is 0.595. The Morgan fingerprint density at radius 2 is 1.83 bits per heavy atom. The van der Waals surface area contributed by atoms with Gasteiger partial charge >= 0.3 is 0 Å². The Morgan fingerprint density at radius 1 is 1.22 bits per heavy atom. The number of aryl methyl sites for hydroxylation is 1. The van der Waals surface area contributed by atoms with Gasteiger partial charge in [0, 0.05) is 10.7 Å². The number of hydrogen-bond acceptors (Lipinski definition) is 3. The van der Waals surface area contributed by atoms with Gasteiger partial charge in [-0.2, -0.15) is 0 Å². The van der Waals surface area contributed by atoms with E-state index in [-0.39, 0.29) is 14.9 Å². The molecule has 0 aliphatic carbocycles. The first-order valence-corrected chi connectivity index (χ1v) is 7.69. The van der Waals surface area contributed by atoms with Gasteiger partial charge in [-0.15, -0.1) is 0 Å². The first kappa shape index (κ1) is 13.5. The van der Waals surface area contributed by atoms with Crippen molar-refractivity contribution in [3.8, 4) is 0 Å². The van der Waals surface area contributed by atoms with Gasteiger partial charge < -0.3 is 0 Å². The third-order valence-corrected chi connectivity index (χ3v) is 5.02. The summed E-state index contributed by atoms with van der Waals surface area (Å²) in [5.41, 5.74) is 0.993. The molecule has 0 bridgehead atoms. The summed E-state index contributed by atoms with van der Waals surface area (Å²) in [6.07, 6.45) is 1.45. The molecule has 2 aromatic rings. The second-order valence-electron chi connectivity index (χ2n) is 3.76. The molecule has 1 heterocycles. The molecule has 0 atom stereocenters. The number of benzene rings is 1. The molecule has 1 aromatic heterocycles. The van der Waals surface area contributed by atoms with Crippen LogP contribution < -0.4 is 0 Å². The SMILES string of the molecule is Cc1ccc(S(=O)(=O)c2cc(Br)cnc2Cl)cc1. The average molecular weight is 347 g/mol. The fourth-order valence-corrected chi connectivity index (χ4v) is 3.63. The maximum atomic E-state index is 12.4. The highest BCUT2D eigenvalue weighted by Crippen LogP contribution is 2.28. The highest BCUT2D eigenvalue weighted by molar-refractivity contribution is 9.10. The van der Waals surface area contributed by atoms with Crippen molar-refractivity contribution >= 4 is 37.4 Å². The Hall–Kier alpha value is -0.910.